The Kier molecular flexibility index (Phi) is 7.37. The number of nitrogens with zero attached hydrogens (tertiary/aromatic N) is 2. The van der Waals surface area contributed by atoms with E-state index in [0.29, 0.717) is 18.0 Å². The van der Waals surface area contributed by atoms with Gasteiger partial charge in [-0.05, 0) is 74.6 Å². The first-order valence-corrected chi connectivity index (χ1v) is 10.5. The first-order chi connectivity index (χ1) is 15.3. The van der Waals surface area contributed by atoms with Crippen LogP contribution in [0.2, 0.25) is 0 Å². The van der Waals surface area contributed by atoms with Crippen molar-refractivity contribution in [2.75, 3.05) is 18.5 Å². The van der Waals surface area contributed by atoms with Gasteiger partial charge in [0.05, 0.1) is 13.0 Å². The molecule has 2 N–H and O–H groups in total. The molecule has 3 amide bonds. The van der Waals surface area contributed by atoms with Crippen LogP contribution in [0.1, 0.15) is 30.6 Å². The summed E-state index contributed by atoms with van der Waals surface area (Å²) in [6.45, 7) is 4.44. The predicted octanol–water partition coefficient (Wildman–Crippen LogP) is 2.72. The normalized spacial score (nSPS) is 15.7. The van der Waals surface area contributed by atoms with Gasteiger partial charge in [-0.3, -0.25) is 24.7 Å². The molecule has 2 aromatic rings. The predicted molar refractivity (Wildman–Crippen MR) is 120 cm³/mol. The molecule has 1 atom stereocenters. The van der Waals surface area contributed by atoms with E-state index in [1.54, 1.807) is 31.2 Å². The van der Waals surface area contributed by atoms with Crippen molar-refractivity contribution in [1.29, 1.82) is 0 Å². The summed E-state index contributed by atoms with van der Waals surface area (Å²) in [5.74, 6) is -1.19. The fourth-order valence-electron chi connectivity index (χ4n) is 3.21. The van der Waals surface area contributed by atoms with Gasteiger partial charge in [-0.15, -0.1) is 0 Å². The first kappa shape index (κ1) is 23.1. The van der Waals surface area contributed by atoms with Crippen molar-refractivity contribution in [2.24, 2.45) is 0 Å². The number of thiocarbonyl (C=S) groups is 1. The van der Waals surface area contributed by atoms with Gasteiger partial charge in [-0.2, -0.15) is 0 Å². The molecule has 0 aromatic heterocycles. The maximum atomic E-state index is 13.1. The zero-order valence-corrected chi connectivity index (χ0v) is 18.4. The van der Waals surface area contributed by atoms with E-state index in [0.717, 1.165) is 12.1 Å². The maximum absolute atomic E-state index is 13.1. The molecule has 1 saturated heterocycles. The number of anilines is 1. The van der Waals surface area contributed by atoms with Gasteiger partial charge in [0.15, 0.2) is 5.11 Å². The van der Waals surface area contributed by atoms with Crippen LogP contribution < -0.4 is 15.5 Å². The number of benzene rings is 2. The summed E-state index contributed by atoms with van der Waals surface area (Å²) >= 11 is 5.34. The Morgan fingerprint density at radius 2 is 1.75 bits per heavy atom. The largest absolute Gasteiger partial charge is 0.494 e. The number of carbonyl (C=O) groups is 3. The molecule has 168 valence electrons. The molecule has 0 bridgehead atoms. The van der Waals surface area contributed by atoms with Gasteiger partial charge < -0.3 is 10.1 Å². The van der Waals surface area contributed by atoms with Crippen molar-refractivity contribution < 1.29 is 23.5 Å². The van der Waals surface area contributed by atoms with Crippen LogP contribution in [0, 0.1) is 5.82 Å². The van der Waals surface area contributed by atoms with Crippen molar-refractivity contribution in [3.63, 3.8) is 0 Å². The van der Waals surface area contributed by atoms with E-state index in [1.807, 2.05) is 6.92 Å². The third-order valence-corrected chi connectivity index (χ3v) is 5.19. The molecule has 2 aromatic carbocycles. The highest BCUT2D eigenvalue weighted by atomic mass is 32.1. The average molecular weight is 459 g/mol. The minimum absolute atomic E-state index is 0.0897. The topological polar surface area (TPSA) is 91.0 Å². The summed E-state index contributed by atoms with van der Waals surface area (Å²) in [6.07, 6.45) is -0.230. The number of hydrogen-bond acceptors (Lipinski definition) is 5. The second kappa shape index (κ2) is 10.2. The minimum Gasteiger partial charge on any atom is -0.494 e. The third-order valence-electron chi connectivity index (χ3n) is 4.77. The van der Waals surface area contributed by atoms with Crippen LogP contribution in [0.4, 0.5) is 10.1 Å². The third kappa shape index (κ3) is 5.20. The molecule has 8 nitrogen and oxygen atoms in total. The summed E-state index contributed by atoms with van der Waals surface area (Å²) < 4.78 is 18.5. The molecule has 1 fully saturated rings. The van der Waals surface area contributed by atoms with Crippen LogP contribution >= 0.6 is 12.2 Å². The zero-order valence-electron chi connectivity index (χ0n) is 17.6. The lowest BCUT2D eigenvalue weighted by atomic mass is 10.1. The van der Waals surface area contributed by atoms with E-state index < -0.39 is 29.6 Å². The van der Waals surface area contributed by atoms with E-state index in [4.69, 9.17) is 17.0 Å². The Labute approximate surface area is 190 Å². The van der Waals surface area contributed by atoms with Crippen molar-refractivity contribution in [3.8, 4) is 5.75 Å². The van der Waals surface area contributed by atoms with Crippen molar-refractivity contribution in [1.82, 2.24) is 15.3 Å². The molecule has 0 radical (unpaired) electrons. The Morgan fingerprint density at radius 3 is 2.34 bits per heavy atom. The van der Waals surface area contributed by atoms with Crippen LogP contribution in [0.15, 0.2) is 48.5 Å². The fourth-order valence-corrected chi connectivity index (χ4v) is 3.60. The fraction of sp³-hybridized carbons (Fsp3) is 0.273. The first-order valence-electron chi connectivity index (χ1n) is 10.1. The van der Waals surface area contributed by atoms with Gasteiger partial charge in [-0.25, -0.2) is 9.40 Å². The molecule has 32 heavy (non-hydrogen) atoms. The van der Waals surface area contributed by atoms with Gasteiger partial charge in [0.25, 0.3) is 11.8 Å². The van der Waals surface area contributed by atoms with Gasteiger partial charge in [0.1, 0.15) is 17.6 Å². The van der Waals surface area contributed by atoms with E-state index in [2.05, 4.69) is 10.7 Å². The highest BCUT2D eigenvalue weighted by molar-refractivity contribution is 7.80. The summed E-state index contributed by atoms with van der Waals surface area (Å²) in [7, 11) is 0. The molecule has 10 heteroatoms. The van der Waals surface area contributed by atoms with Crippen LogP contribution in [-0.2, 0) is 9.59 Å². The molecule has 0 saturated carbocycles. The van der Waals surface area contributed by atoms with E-state index in [9.17, 15) is 18.8 Å². The maximum Gasteiger partial charge on any atom is 0.269 e. The number of rotatable bonds is 8. The molecule has 1 aliphatic rings. The SMILES string of the molecule is CCOc1ccc(NC(=O)CC2C(=O)N(CC)C(=S)N2NC(=O)c2ccc(F)cc2)cc1. The lowest BCUT2D eigenvalue weighted by Gasteiger charge is -2.24. The number of hydrazine groups is 1. The van der Waals surface area contributed by atoms with E-state index in [1.165, 1.54) is 22.0 Å². The number of likely N-dealkylation sites (N-methyl/N-ethyl adjacent to an activating group) is 1. The van der Waals surface area contributed by atoms with Gasteiger partial charge in [-0.1, -0.05) is 0 Å². The lowest BCUT2D eigenvalue weighted by molar-refractivity contribution is -0.130. The molecule has 0 spiro atoms. The Balaban J connectivity index is 1.71. The molecular weight excluding hydrogens is 435 g/mol. The summed E-state index contributed by atoms with van der Waals surface area (Å²) in [6, 6.07) is 10.8. The van der Waals surface area contributed by atoms with Crippen LogP contribution in [0.25, 0.3) is 0 Å². The van der Waals surface area contributed by atoms with Crippen molar-refractivity contribution in [3.05, 3.63) is 59.9 Å². The Bertz CT molecular complexity index is 1010. The second-order valence-electron chi connectivity index (χ2n) is 6.91. The lowest BCUT2D eigenvalue weighted by Crippen LogP contribution is -2.49. The number of halogens is 1. The molecule has 1 heterocycles. The van der Waals surface area contributed by atoms with Gasteiger partial charge in [0.2, 0.25) is 5.91 Å². The highest BCUT2D eigenvalue weighted by Crippen LogP contribution is 2.21. The van der Waals surface area contributed by atoms with Gasteiger partial charge in [0, 0.05) is 17.8 Å². The molecule has 1 unspecified atom stereocenters. The molecular formula is C22H23FN4O4S. The van der Waals surface area contributed by atoms with E-state index >= 15 is 0 Å². The monoisotopic (exact) mass is 458 g/mol. The highest BCUT2D eigenvalue weighted by Gasteiger charge is 2.43. The smallest absolute Gasteiger partial charge is 0.269 e. The van der Waals surface area contributed by atoms with Crippen molar-refractivity contribution >= 4 is 40.7 Å². The van der Waals surface area contributed by atoms with Gasteiger partial charge >= 0.3 is 0 Å². The number of ether oxygens (including phenoxy) is 1. The number of nitrogens with one attached hydrogen (secondary N) is 2. The summed E-state index contributed by atoms with van der Waals surface area (Å²) in [4.78, 5) is 39.4. The average Bonchev–Trinajstić information content (AvgIpc) is 2.99. The summed E-state index contributed by atoms with van der Waals surface area (Å²) in [5, 5.41) is 4.03. The minimum atomic E-state index is -1.01. The second-order valence-corrected chi connectivity index (χ2v) is 7.27. The van der Waals surface area contributed by atoms with Crippen LogP contribution in [-0.4, -0.2) is 51.9 Å². The molecule has 3 rings (SSSR count). The number of amides is 3. The molecule has 0 aliphatic carbocycles. The van der Waals surface area contributed by atoms with Crippen LogP contribution in [0.3, 0.4) is 0 Å². The van der Waals surface area contributed by atoms with Crippen LogP contribution in [0.5, 0.6) is 5.75 Å². The Hall–Kier alpha value is -3.53. The summed E-state index contributed by atoms with van der Waals surface area (Å²) in [5.41, 5.74) is 3.30. The van der Waals surface area contributed by atoms with E-state index in [-0.39, 0.29) is 23.6 Å². The van der Waals surface area contributed by atoms with Crippen molar-refractivity contribution in [2.45, 2.75) is 26.3 Å². The quantitative estimate of drug-likeness (QED) is 0.591. The standard InChI is InChI=1S/C22H23FN4O4S/c1-3-26-21(30)18(13-19(28)24-16-9-11-17(12-10-16)31-4-2)27(22(26)32)25-20(29)14-5-7-15(23)8-6-14/h5-12,18H,3-4,13H2,1-2H3,(H,24,28)(H,25,29). The number of carbonyl (C=O) groups excluding carboxylic acids is 3. The Morgan fingerprint density at radius 1 is 1.09 bits per heavy atom. The zero-order chi connectivity index (χ0) is 23.3. The molecule has 1 aliphatic heterocycles. The number of hydrogen-bond donors (Lipinski definition) is 2.